The van der Waals surface area contributed by atoms with Crippen molar-refractivity contribution in [3.05, 3.63) is 63.5 Å². The molecule has 0 N–H and O–H groups in total. The smallest absolute Gasteiger partial charge is 0.124 e. The van der Waals surface area contributed by atoms with Crippen molar-refractivity contribution in [1.82, 2.24) is 9.97 Å². The maximum atomic E-state index is 8.96. The van der Waals surface area contributed by atoms with Crippen molar-refractivity contribution in [3.8, 4) is 6.07 Å². The Kier molecular flexibility index (Phi) is 4.63. The molecule has 0 unspecified atom stereocenters. The van der Waals surface area contributed by atoms with E-state index < -0.39 is 0 Å². The molecule has 1 heterocycles. The topological polar surface area (TPSA) is 49.6 Å². The second-order valence-corrected chi connectivity index (χ2v) is 6.82. The average Bonchev–Trinajstić information content (AvgIpc) is 3.00. The first kappa shape index (κ1) is 15.3. The van der Waals surface area contributed by atoms with Crippen LogP contribution in [0, 0.1) is 11.3 Å². The highest BCUT2D eigenvalue weighted by atomic mass is 79.9. The Morgan fingerprint density at radius 3 is 2.77 bits per heavy atom. The Labute approximate surface area is 145 Å². The summed E-state index contributed by atoms with van der Waals surface area (Å²) in [5.41, 5.74) is 2.77. The predicted octanol–water partition coefficient (Wildman–Crippen LogP) is 5.28. The molecule has 0 fully saturated rings. The summed E-state index contributed by atoms with van der Waals surface area (Å²) in [6.07, 6.45) is 7.77. The third-order valence-corrected chi connectivity index (χ3v) is 5.04. The molecule has 0 amide bonds. The molecule has 1 aliphatic rings. The van der Waals surface area contributed by atoms with Crippen molar-refractivity contribution < 1.29 is 0 Å². The standard InChI is InChI=1S/C16H9BrClN3S/c17-14-8-21-15(9-20-14)22-13-3-1-2-12(16(13)18)11-5-4-10(6-11)7-19/h1-5,8-9H,6H2. The van der Waals surface area contributed by atoms with Crippen LogP contribution in [0.5, 0.6) is 0 Å². The van der Waals surface area contributed by atoms with Crippen LogP contribution < -0.4 is 0 Å². The van der Waals surface area contributed by atoms with Crippen molar-refractivity contribution in [2.45, 2.75) is 16.3 Å². The molecule has 2 aromatic rings. The van der Waals surface area contributed by atoms with Gasteiger partial charge >= 0.3 is 0 Å². The van der Waals surface area contributed by atoms with Crippen LogP contribution in [0.3, 0.4) is 0 Å². The molecule has 108 valence electrons. The molecule has 3 nitrogen and oxygen atoms in total. The number of allylic oxidation sites excluding steroid dienone is 4. The summed E-state index contributed by atoms with van der Waals surface area (Å²) in [6, 6.07) is 8.06. The van der Waals surface area contributed by atoms with E-state index in [0.717, 1.165) is 26.6 Å². The summed E-state index contributed by atoms with van der Waals surface area (Å²) in [7, 11) is 0. The number of halogens is 2. The molecule has 1 aromatic carbocycles. The monoisotopic (exact) mass is 389 g/mol. The fraction of sp³-hybridized carbons (Fsp3) is 0.0625. The lowest BCUT2D eigenvalue weighted by Gasteiger charge is -2.10. The van der Waals surface area contributed by atoms with Crippen molar-refractivity contribution in [2.75, 3.05) is 0 Å². The van der Waals surface area contributed by atoms with E-state index >= 15 is 0 Å². The molecule has 0 spiro atoms. The second kappa shape index (κ2) is 6.66. The Hall–Kier alpha value is -1.61. The zero-order valence-electron chi connectivity index (χ0n) is 11.3. The van der Waals surface area contributed by atoms with E-state index in [1.807, 2.05) is 30.4 Å². The number of rotatable bonds is 3. The highest BCUT2D eigenvalue weighted by Gasteiger charge is 2.15. The van der Waals surface area contributed by atoms with Gasteiger partial charge in [-0.2, -0.15) is 5.26 Å². The first-order chi connectivity index (χ1) is 10.7. The summed E-state index contributed by atoms with van der Waals surface area (Å²) in [5.74, 6) is 0. The van der Waals surface area contributed by atoms with Gasteiger partial charge in [-0.1, -0.05) is 41.6 Å². The zero-order chi connectivity index (χ0) is 15.5. The van der Waals surface area contributed by atoms with Crippen molar-refractivity contribution in [3.63, 3.8) is 0 Å². The van der Waals surface area contributed by atoms with Gasteiger partial charge in [-0.3, -0.25) is 0 Å². The van der Waals surface area contributed by atoms with Gasteiger partial charge in [-0.05, 0) is 39.2 Å². The van der Waals surface area contributed by atoms with E-state index in [1.165, 1.54) is 11.8 Å². The molecule has 0 bridgehead atoms. The van der Waals surface area contributed by atoms with Gasteiger partial charge in [-0.15, -0.1) is 0 Å². The van der Waals surface area contributed by atoms with Crippen LogP contribution >= 0.6 is 39.3 Å². The SMILES string of the molecule is N#CC1=CC=C(c2cccc(Sc3cnc(Br)cn3)c2Cl)C1. The lowest BCUT2D eigenvalue weighted by atomic mass is 10.0. The van der Waals surface area contributed by atoms with Crippen LogP contribution in [0.15, 0.2) is 62.8 Å². The Morgan fingerprint density at radius 2 is 2.09 bits per heavy atom. The minimum absolute atomic E-state index is 0.627. The van der Waals surface area contributed by atoms with Crippen LogP contribution in [-0.2, 0) is 0 Å². The van der Waals surface area contributed by atoms with Gasteiger partial charge in [0.05, 0.1) is 23.5 Å². The first-order valence-corrected chi connectivity index (χ1v) is 8.40. The van der Waals surface area contributed by atoms with Gasteiger partial charge in [0.25, 0.3) is 0 Å². The predicted molar refractivity (Wildman–Crippen MR) is 91.6 cm³/mol. The average molecular weight is 391 g/mol. The quantitative estimate of drug-likeness (QED) is 0.715. The van der Waals surface area contributed by atoms with E-state index in [0.29, 0.717) is 16.0 Å². The minimum Gasteiger partial charge on any atom is -0.245 e. The molecular weight excluding hydrogens is 382 g/mol. The fourth-order valence-electron chi connectivity index (χ4n) is 2.09. The molecule has 0 atom stereocenters. The molecule has 6 heteroatoms. The van der Waals surface area contributed by atoms with Gasteiger partial charge in [0, 0.05) is 16.9 Å². The van der Waals surface area contributed by atoms with Crippen molar-refractivity contribution in [1.29, 1.82) is 5.26 Å². The van der Waals surface area contributed by atoms with Crippen LogP contribution in [0.25, 0.3) is 5.57 Å². The summed E-state index contributed by atoms with van der Waals surface area (Å²) in [4.78, 5) is 9.37. The number of aromatic nitrogens is 2. The molecule has 0 saturated carbocycles. The Morgan fingerprint density at radius 1 is 1.23 bits per heavy atom. The number of hydrogen-bond acceptors (Lipinski definition) is 4. The maximum absolute atomic E-state index is 8.96. The van der Waals surface area contributed by atoms with Crippen LogP contribution in [0.4, 0.5) is 0 Å². The number of benzene rings is 1. The van der Waals surface area contributed by atoms with Gasteiger partial charge in [-0.25, -0.2) is 9.97 Å². The van der Waals surface area contributed by atoms with E-state index in [4.69, 9.17) is 16.9 Å². The number of hydrogen-bond donors (Lipinski definition) is 0. The van der Waals surface area contributed by atoms with E-state index in [-0.39, 0.29) is 0 Å². The fourth-order valence-corrected chi connectivity index (χ4v) is 3.44. The Bertz CT molecular complexity index is 822. The van der Waals surface area contributed by atoms with Gasteiger partial charge in [0.2, 0.25) is 0 Å². The minimum atomic E-state index is 0.627. The lowest BCUT2D eigenvalue weighted by Crippen LogP contribution is -1.88. The maximum Gasteiger partial charge on any atom is 0.124 e. The Balaban J connectivity index is 1.87. The zero-order valence-corrected chi connectivity index (χ0v) is 14.4. The third-order valence-electron chi connectivity index (χ3n) is 3.13. The molecule has 0 saturated heterocycles. The molecular formula is C16H9BrClN3S. The normalized spacial score (nSPS) is 13.5. The number of nitrogens with zero attached hydrogens (tertiary/aromatic N) is 3. The molecule has 0 radical (unpaired) electrons. The molecule has 3 rings (SSSR count). The first-order valence-electron chi connectivity index (χ1n) is 6.41. The van der Waals surface area contributed by atoms with Crippen LogP contribution in [-0.4, -0.2) is 9.97 Å². The summed E-state index contributed by atoms with van der Waals surface area (Å²) >= 11 is 11.3. The van der Waals surface area contributed by atoms with Crippen molar-refractivity contribution >= 4 is 44.9 Å². The summed E-state index contributed by atoms with van der Waals surface area (Å²) in [5, 5.41) is 10.4. The van der Waals surface area contributed by atoms with E-state index in [9.17, 15) is 0 Å². The molecule has 1 aromatic heterocycles. The third kappa shape index (κ3) is 3.25. The largest absolute Gasteiger partial charge is 0.245 e. The van der Waals surface area contributed by atoms with Crippen LogP contribution in [0.2, 0.25) is 5.02 Å². The number of nitriles is 1. The van der Waals surface area contributed by atoms with Gasteiger partial charge in [0.1, 0.15) is 9.63 Å². The van der Waals surface area contributed by atoms with Gasteiger partial charge in [0.15, 0.2) is 0 Å². The lowest BCUT2D eigenvalue weighted by molar-refractivity contribution is 1.03. The van der Waals surface area contributed by atoms with Crippen LogP contribution in [0.1, 0.15) is 12.0 Å². The molecule has 0 aliphatic heterocycles. The van der Waals surface area contributed by atoms with E-state index in [2.05, 4.69) is 32.0 Å². The second-order valence-electron chi connectivity index (χ2n) is 4.57. The van der Waals surface area contributed by atoms with Gasteiger partial charge < -0.3 is 0 Å². The highest BCUT2D eigenvalue weighted by molar-refractivity contribution is 9.10. The summed E-state index contributed by atoms with van der Waals surface area (Å²) < 4.78 is 0.697. The highest BCUT2D eigenvalue weighted by Crippen LogP contribution is 2.39. The molecule has 1 aliphatic carbocycles. The molecule has 22 heavy (non-hydrogen) atoms. The van der Waals surface area contributed by atoms with Crippen molar-refractivity contribution in [2.24, 2.45) is 0 Å². The van der Waals surface area contributed by atoms with E-state index in [1.54, 1.807) is 12.4 Å². The summed E-state index contributed by atoms with van der Waals surface area (Å²) in [6.45, 7) is 0.